The van der Waals surface area contributed by atoms with Crippen LogP contribution in [0.25, 0.3) is 0 Å². The monoisotopic (exact) mass is 439 g/mol. The summed E-state index contributed by atoms with van der Waals surface area (Å²) in [7, 11) is -4.33. The Morgan fingerprint density at radius 1 is 1.03 bits per heavy atom. The Morgan fingerprint density at radius 2 is 1.70 bits per heavy atom. The molecule has 0 aliphatic rings. The van der Waals surface area contributed by atoms with Crippen LogP contribution in [0, 0.1) is 0 Å². The topological polar surface area (TPSA) is 106 Å². The number of carbonyl (C=O) groups excluding carboxylic acids is 1. The molecular formula is C18H16F3N5O3S. The van der Waals surface area contributed by atoms with E-state index >= 15 is 0 Å². The zero-order chi connectivity index (χ0) is 21.8. The Bertz CT molecular complexity index is 1110. The summed E-state index contributed by atoms with van der Waals surface area (Å²) >= 11 is 0. The van der Waals surface area contributed by atoms with Crippen LogP contribution >= 0.6 is 0 Å². The van der Waals surface area contributed by atoms with E-state index in [1.165, 1.54) is 27.7 Å². The van der Waals surface area contributed by atoms with Gasteiger partial charge in [0.1, 0.15) is 6.54 Å². The first kappa shape index (κ1) is 21.5. The lowest BCUT2D eigenvalue weighted by molar-refractivity contribution is -0.121. The van der Waals surface area contributed by atoms with Crippen LogP contribution in [0.1, 0.15) is 16.1 Å². The summed E-state index contributed by atoms with van der Waals surface area (Å²) in [6, 6.07) is 14.1. The predicted octanol–water partition coefficient (Wildman–Crippen LogP) is 2.42. The molecule has 0 saturated carbocycles. The lowest BCUT2D eigenvalue weighted by atomic mass is 10.2. The van der Waals surface area contributed by atoms with E-state index < -0.39 is 28.7 Å². The summed E-state index contributed by atoms with van der Waals surface area (Å²) in [5.74, 6) is -0.569. The minimum atomic E-state index is -4.67. The highest BCUT2D eigenvalue weighted by atomic mass is 32.2. The molecule has 0 spiro atoms. The summed E-state index contributed by atoms with van der Waals surface area (Å²) in [6.07, 6.45) is -3.21. The second kappa shape index (κ2) is 8.63. The number of sulfonamides is 1. The zero-order valence-electron chi connectivity index (χ0n) is 15.3. The largest absolute Gasteiger partial charge is 0.402 e. The predicted molar refractivity (Wildman–Crippen MR) is 101 cm³/mol. The van der Waals surface area contributed by atoms with Crippen molar-refractivity contribution in [1.29, 1.82) is 0 Å². The van der Waals surface area contributed by atoms with E-state index in [2.05, 4.69) is 15.6 Å². The molecule has 2 N–H and O–H groups in total. The van der Waals surface area contributed by atoms with Crippen molar-refractivity contribution in [2.24, 2.45) is 0 Å². The molecular weight excluding hydrogens is 423 g/mol. The molecule has 1 amide bonds. The van der Waals surface area contributed by atoms with Crippen molar-refractivity contribution in [3.63, 3.8) is 0 Å². The molecule has 0 aliphatic heterocycles. The van der Waals surface area contributed by atoms with Gasteiger partial charge in [-0.15, -0.1) is 5.10 Å². The lowest BCUT2D eigenvalue weighted by Gasteiger charge is -2.10. The third-order valence-electron chi connectivity index (χ3n) is 3.84. The van der Waals surface area contributed by atoms with Crippen LogP contribution in [0.3, 0.4) is 0 Å². The highest BCUT2D eigenvalue weighted by Gasteiger charge is 2.30. The van der Waals surface area contributed by atoms with Gasteiger partial charge in [0, 0.05) is 5.69 Å². The Labute approximate surface area is 169 Å². The van der Waals surface area contributed by atoms with Crippen molar-refractivity contribution in [1.82, 2.24) is 19.7 Å². The first-order chi connectivity index (χ1) is 14.1. The highest BCUT2D eigenvalue weighted by Crippen LogP contribution is 2.17. The molecule has 0 saturated heterocycles. The Morgan fingerprint density at radius 3 is 2.33 bits per heavy atom. The molecule has 3 rings (SSSR count). The van der Waals surface area contributed by atoms with E-state index in [-0.39, 0.29) is 16.3 Å². The second-order valence-corrected chi connectivity index (χ2v) is 7.97. The number of hydrogen-bond donors (Lipinski definition) is 2. The van der Waals surface area contributed by atoms with Gasteiger partial charge in [0.15, 0.2) is 5.69 Å². The first-order valence-electron chi connectivity index (χ1n) is 8.54. The number of alkyl halides is 3. The normalized spacial score (nSPS) is 12.0. The van der Waals surface area contributed by atoms with Gasteiger partial charge in [-0.05, 0) is 29.8 Å². The van der Waals surface area contributed by atoms with Crippen LogP contribution in [-0.4, -0.2) is 42.0 Å². The third-order valence-corrected chi connectivity index (χ3v) is 5.26. The summed E-state index contributed by atoms with van der Waals surface area (Å²) in [5, 5.41) is 10.2. The van der Waals surface area contributed by atoms with Crippen molar-refractivity contribution in [3.8, 4) is 0 Å². The molecule has 1 heterocycles. The van der Waals surface area contributed by atoms with E-state index in [9.17, 15) is 26.4 Å². The summed E-state index contributed by atoms with van der Waals surface area (Å²) < 4.78 is 63.3. The van der Waals surface area contributed by atoms with E-state index in [0.29, 0.717) is 6.54 Å². The van der Waals surface area contributed by atoms with Gasteiger partial charge in [0.05, 0.1) is 17.6 Å². The van der Waals surface area contributed by atoms with Crippen LogP contribution in [0.15, 0.2) is 65.7 Å². The maximum absolute atomic E-state index is 12.3. The van der Waals surface area contributed by atoms with Gasteiger partial charge in [0.2, 0.25) is 10.0 Å². The van der Waals surface area contributed by atoms with Crippen LogP contribution in [0.5, 0.6) is 0 Å². The van der Waals surface area contributed by atoms with E-state index in [4.69, 9.17) is 0 Å². The fraction of sp³-hybridized carbons (Fsp3) is 0.167. The molecule has 2 aromatic carbocycles. The van der Waals surface area contributed by atoms with Gasteiger partial charge in [-0.1, -0.05) is 35.5 Å². The number of aromatic nitrogens is 3. The molecule has 0 fully saturated rings. The lowest BCUT2D eigenvalue weighted by Crippen LogP contribution is -2.33. The van der Waals surface area contributed by atoms with E-state index in [1.807, 2.05) is 30.3 Å². The number of anilines is 1. The molecule has 0 atom stereocenters. The Balaban J connectivity index is 1.62. The number of carbonyl (C=O) groups is 1. The fourth-order valence-corrected chi connectivity index (χ4v) is 3.44. The molecule has 12 heteroatoms. The molecule has 1 aromatic heterocycles. The van der Waals surface area contributed by atoms with Gasteiger partial charge >= 0.3 is 6.18 Å². The molecule has 8 nitrogen and oxygen atoms in total. The maximum atomic E-state index is 12.3. The molecule has 0 aliphatic carbocycles. The van der Waals surface area contributed by atoms with Gasteiger partial charge < -0.3 is 5.32 Å². The van der Waals surface area contributed by atoms with Gasteiger partial charge in [-0.25, -0.2) is 17.8 Å². The number of nitrogens with zero attached hydrogens (tertiary/aromatic N) is 3. The van der Waals surface area contributed by atoms with E-state index in [0.717, 1.165) is 17.7 Å². The van der Waals surface area contributed by atoms with Crippen molar-refractivity contribution in [2.75, 3.05) is 11.9 Å². The average molecular weight is 439 g/mol. The Hall–Kier alpha value is -3.25. The summed E-state index contributed by atoms with van der Waals surface area (Å²) in [6.45, 7) is -1.24. The minimum absolute atomic E-state index is 0.0504. The maximum Gasteiger partial charge on any atom is 0.402 e. The second-order valence-electron chi connectivity index (χ2n) is 6.21. The van der Waals surface area contributed by atoms with Crippen LogP contribution in [0.2, 0.25) is 0 Å². The molecule has 0 bridgehead atoms. The number of halogens is 3. The number of nitrogens with one attached hydrogen (secondary N) is 2. The van der Waals surface area contributed by atoms with Gasteiger partial charge in [-0.3, -0.25) is 4.79 Å². The first-order valence-corrected chi connectivity index (χ1v) is 10.0. The fourth-order valence-electron chi connectivity index (χ4n) is 2.42. The zero-order valence-corrected chi connectivity index (χ0v) is 16.1. The number of rotatable bonds is 7. The quantitative estimate of drug-likeness (QED) is 0.588. The minimum Gasteiger partial charge on any atom is -0.321 e. The van der Waals surface area contributed by atoms with Crippen molar-refractivity contribution < 1.29 is 26.4 Å². The third kappa shape index (κ3) is 5.87. The van der Waals surface area contributed by atoms with Crippen LogP contribution < -0.4 is 10.0 Å². The van der Waals surface area contributed by atoms with Gasteiger partial charge in [0.25, 0.3) is 5.91 Å². The average Bonchev–Trinajstić information content (AvgIpc) is 3.16. The van der Waals surface area contributed by atoms with Crippen molar-refractivity contribution >= 4 is 21.6 Å². The number of amides is 1. The van der Waals surface area contributed by atoms with E-state index in [1.54, 1.807) is 0 Å². The SMILES string of the molecule is O=C(Nc1ccc(S(=O)(=O)NCC(F)(F)F)cc1)c1cn(Cc2ccccc2)nn1. The smallest absolute Gasteiger partial charge is 0.321 e. The molecule has 30 heavy (non-hydrogen) atoms. The number of benzene rings is 2. The number of hydrogen-bond acceptors (Lipinski definition) is 5. The summed E-state index contributed by atoms with van der Waals surface area (Å²) in [5.41, 5.74) is 1.27. The molecule has 0 radical (unpaired) electrons. The Kier molecular flexibility index (Phi) is 6.17. The molecule has 158 valence electrons. The van der Waals surface area contributed by atoms with Crippen LogP contribution in [-0.2, 0) is 16.6 Å². The van der Waals surface area contributed by atoms with Crippen molar-refractivity contribution in [2.45, 2.75) is 17.6 Å². The standard InChI is InChI=1S/C18H16F3N5O3S/c19-18(20,21)12-22-30(28,29)15-8-6-14(7-9-15)23-17(27)16-11-26(25-24-16)10-13-4-2-1-3-5-13/h1-9,11,22H,10,12H2,(H,23,27). The van der Waals surface area contributed by atoms with Gasteiger partial charge in [-0.2, -0.15) is 13.2 Å². The van der Waals surface area contributed by atoms with Crippen LogP contribution in [0.4, 0.5) is 18.9 Å². The molecule has 0 unspecified atom stereocenters. The van der Waals surface area contributed by atoms with Crippen molar-refractivity contribution in [3.05, 3.63) is 72.1 Å². The highest BCUT2D eigenvalue weighted by molar-refractivity contribution is 7.89. The molecule has 3 aromatic rings. The summed E-state index contributed by atoms with van der Waals surface area (Å²) in [4.78, 5) is 11.9.